The third-order valence-electron chi connectivity index (χ3n) is 3.40. The monoisotopic (exact) mass is 337 g/mol. The van der Waals surface area contributed by atoms with E-state index in [0.29, 0.717) is 12.0 Å². The molecule has 0 aliphatic carbocycles. The number of nitrogens with one attached hydrogen (secondary N) is 1. The summed E-state index contributed by atoms with van der Waals surface area (Å²) < 4.78 is 37.4. The highest BCUT2D eigenvalue weighted by molar-refractivity contribution is 5.94. The molecule has 0 atom stereocenters. The molecular weight excluding hydrogens is 323 g/mol. The number of carboxylic acids is 1. The summed E-state index contributed by atoms with van der Waals surface area (Å²) in [5.41, 5.74) is 0.00273. The van der Waals surface area contributed by atoms with Crippen LogP contribution in [-0.4, -0.2) is 23.5 Å². The van der Waals surface area contributed by atoms with Gasteiger partial charge in [-0.15, -0.1) is 0 Å². The van der Waals surface area contributed by atoms with Gasteiger partial charge in [-0.05, 0) is 42.3 Å². The van der Waals surface area contributed by atoms with E-state index in [9.17, 15) is 22.8 Å². The Bertz CT molecular complexity index is 739. The van der Waals surface area contributed by atoms with E-state index < -0.39 is 23.6 Å². The van der Waals surface area contributed by atoms with Gasteiger partial charge in [-0.25, -0.2) is 4.79 Å². The van der Waals surface area contributed by atoms with Crippen LogP contribution in [0.25, 0.3) is 0 Å². The summed E-state index contributed by atoms with van der Waals surface area (Å²) in [6.45, 7) is 0.171. The quantitative estimate of drug-likeness (QED) is 0.879. The van der Waals surface area contributed by atoms with Gasteiger partial charge in [0.15, 0.2) is 0 Å². The Kier molecular flexibility index (Phi) is 5.23. The van der Waals surface area contributed by atoms with E-state index in [1.54, 1.807) is 18.2 Å². The van der Waals surface area contributed by atoms with Crippen molar-refractivity contribution in [1.82, 2.24) is 5.32 Å². The minimum Gasteiger partial charge on any atom is -0.478 e. The van der Waals surface area contributed by atoms with Crippen LogP contribution >= 0.6 is 0 Å². The summed E-state index contributed by atoms with van der Waals surface area (Å²) in [5.74, 6) is -1.57. The lowest BCUT2D eigenvalue weighted by atomic mass is 10.0. The number of carbonyl (C=O) groups is 2. The van der Waals surface area contributed by atoms with Crippen LogP contribution in [0.2, 0.25) is 0 Å². The number of alkyl halides is 3. The molecule has 0 saturated carbocycles. The minimum atomic E-state index is -4.45. The molecule has 2 aromatic rings. The number of aromatic carboxylic acids is 1. The smallest absolute Gasteiger partial charge is 0.416 e. The molecule has 2 N–H and O–H groups in total. The van der Waals surface area contributed by atoms with Gasteiger partial charge in [0.05, 0.1) is 11.1 Å². The Balaban J connectivity index is 1.96. The van der Waals surface area contributed by atoms with E-state index in [0.717, 1.165) is 24.3 Å². The highest BCUT2D eigenvalue weighted by Gasteiger charge is 2.30. The molecule has 2 rings (SSSR count). The van der Waals surface area contributed by atoms with E-state index >= 15 is 0 Å². The summed E-state index contributed by atoms with van der Waals surface area (Å²) >= 11 is 0. The van der Waals surface area contributed by atoms with Crippen molar-refractivity contribution >= 4 is 11.9 Å². The molecule has 24 heavy (non-hydrogen) atoms. The van der Waals surface area contributed by atoms with Crippen LogP contribution in [0.4, 0.5) is 13.2 Å². The SMILES string of the molecule is O=C(NCCc1ccccc1C(=O)O)c1ccc(C(F)(F)F)cc1. The summed E-state index contributed by atoms with van der Waals surface area (Å²) in [6, 6.07) is 10.3. The largest absolute Gasteiger partial charge is 0.478 e. The van der Waals surface area contributed by atoms with Crippen molar-refractivity contribution in [3.63, 3.8) is 0 Å². The van der Waals surface area contributed by atoms with Gasteiger partial charge >= 0.3 is 12.1 Å². The third-order valence-corrected chi connectivity index (χ3v) is 3.40. The van der Waals surface area contributed by atoms with E-state index in [1.165, 1.54) is 6.07 Å². The lowest BCUT2D eigenvalue weighted by molar-refractivity contribution is -0.137. The highest BCUT2D eigenvalue weighted by atomic mass is 19.4. The molecule has 1 amide bonds. The Labute approximate surface area is 135 Å². The van der Waals surface area contributed by atoms with Crippen molar-refractivity contribution in [2.75, 3.05) is 6.54 Å². The summed E-state index contributed by atoms with van der Waals surface area (Å²) in [5, 5.41) is 11.6. The maximum Gasteiger partial charge on any atom is 0.416 e. The number of carbonyl (C=O) groups excluding carboxylic acids is 1. The Morgan fingerprint density at radius 3 is 2.21 bits per heavy atom. The number of halogens is 3. The zero-order valence-corrected chi connectivity index (χ0v) is 12.4. The zero-order valence-electron chi connectivity index (χ0n) is 12.4. The van der Waals surface area contributed by atoms with Crippen LogP contribution in [0.3, 0.4) is 0 Å². The predicted octanol–water partition coefficient (Wildman–Crippen LogP) is 3.38. The number of hydrogen-bond acceptors (Lipinski definition) is 2. The fourth-order valence-corrected chi connectivity index (χ4v) is 2.17. The van der Waals surface area contributed by atoms with Crippen molar-refractivity contribution in [2.45, 2.75) is 12.6 Å². The highest BCUT2D eigenvalue weighted by Crippen LogP contribution is 2.29. The number of hydrogen-bond donors (Lipinski definition) is 2. The molecule has 0 bridgehead atoms. The Morgan fingerprint density at radius 1 is 1.00 bits per heavy atom. The van der Waals surface area contributed by atoms with E-state index in [-0.39, 0.29) is 17.7 Å². The van der Waals surface area contributed by atoms with Crippen LogP contribution in [0.15, 0.2) is 48.5 Å². The van der Waals surface area contributed by atoms with Crippen molar-refractivity contribution in [3.8, 4) is 0 Å². The van der Waals surface area contributed by atoms with Gasteiger partial charge in [-0.1, -0.05) is 18.2 Å². The Hall–Kier alpha value is -2.83. The third kappa shape index (κ3) is 4.34. The molecule has 0 heterocycles. The number of amides is 1. The standard InChI is InChI=1S/C17H14F3NO3/c18-17(19,20)13-7-5-12(6-8-13)15(22)21-10-9-11-3-1-2-4-14(11)16(23)24/h1-8H,9-10H2,(H,21,22)(H,23,24). The number of carboxylic acid groups (broad SMARTS) is 1. The van der Waals surface area contributed by atoms with E-state index in [4.69, 9.17) is 5.11 Å². The lowest BCUT2D eigenvalue weighted by Crippen LogP contribution is -2.26. The van der Waals surface area contributed by atoms with Gasteiger partial charge in [0.2, 0.25) is 0 Å². The average molecular weight is 337 g/mol. The molecule has 0 aliphatic heterocycles. The van der Waals surface area contributed by atoms with Crippen molar-refractivity contribution in [1.29, 1.82) is 0 Å². The Morgan fingerprint density at radius 2 is 1.62 bits per heavy atom. The topological polar surface area (TPSA) is 66.4 Å². The second kappa shape index (κ2) is 7.16. The second-order valence-electron chi connectivity index (χ2n) is 5.04. The molecule has 0 aliphatic rings. The molecule has 0 fully saturated rings. The molecule has 0 spiro atoms. The molecule has 0 saturated heterocycles. The zero-order chi connectivity index (χ0) is 17.7. The fourth-order valence-electron chi connectivity index (χ4n) is 2.17. The maximum atomic E-state index is 12.5. The van der Waals surface area contributed by atoms with Crippen LogP contribution in [0.5, 0.6) is 0 Å². The average Bonchev–Trinajstić information content (AvgIpc) is 2.54. The van der Waals surface area contributed by atoms with Crippen LogP contribution in [0, 0.1) is 0 Å². The molecule has 0 unspecified atom stereocenters. The van der Waals surface area contributed by atoms with Gasteiger partial charge in [0, 0.05) is 12.1 Å². The predicted molar refractivity (Wildman–Crippen MR) is 80.9 cm³/mol. The van der Waals surface area contributed by atoms with Gasteiger partial charge in [0.1, 0.15) is 0 Å². The molecule has 126 valence electrons. The van der Waals surface area contributed by atoms with Crippen molar-refractivity contribution in [3.05, 3.63) is 70.8 Å². The first-order valence-corrected chi connectivity index (χ1v) is 7.05. The molecular formula is C17H14F3NO3. The molecule has 0 radical (unpaired) electrons. The second-order valence-corrected chi connectivity index (χ2v) is 5.04. The van der Waals surface area contributed by atoms with Crippen LogP contribution in [-0.2, 0) is 12.6 Å². The minimum absolute atomic E-state index is 0.106. The van der Waals surface area contributed by atoms with Crippen LogP contribution < -0.4 is 5.32 Å². The first-order valence-electron chi connectivity index (χ1n) is 7.05. The maximum absolute atomic E-state index is 12.5. The first kappa shape index (κ1) is 17.5. The number of rotatable bonds is 5. The molecule has 2 aromatic carbocycles. The van der Waals surface area contributed by atoms with E-state index in [1.807, 2.05) is 0 Å². The van der Waals surface area contributed by atoms with Crippen molar-refractivity contribution in [2.24, 2.45) is 0 Å². The fraction of sp³-hybridized carbons (Fsp3) is 0.176. The molecule has 4 nitrogen and oxygen atoms in total. The summed E-state index contributed by atoms with van der Waals surface area (Å²) in [4.78, 5) is 23.0. The molecule has 7 heteroatoms. The number of benzene rings is 2. The van der Waals surface area contributed by atoms with Gasteiger partial charge in [-0.3, -0.25) is 4.79 Å². The normalized spacial score (nSPS) is 11.1. The lowest BCUT2D eigenvalue weighted by Gasteiger charge is -2.09. The van der Waals surface area contributed by atoms with Gasteiger partial charge in [-0.2, -0.15) is 13.2 Å². The van der Waals surface area contributed by atoms with Gasteiger partial charge < -0.3 is 10.4 Å². The molecule has 0 aromatic heterocycles. The van der Waals surface area contributed by atoms with Crippen molar-refractivity contribution < 1.29 is 27.9 Å². The van der Waals surface area contributed by atoms with E-state index in [2.05, 4.69) is 5.32 Å². The first-order chi connectivity index (χ1) is 11.3. The van der Waals surface area contributed by atoms with Crippen LogP contribution in [0.1, 0.15) is 31.8 Å². The van der Waals surface area contributed by atoms with Gasteiger partial charge in [0.25, 0.3) is 5.91 Å². The summed E-state index contributed by atoms with van der Waals surface area (Å²) in [7, 11) is 0. The summed E-state index contributed by atoms with van der Waals surface area (Å²) in [6.07, 6.45) is -4.15.